The van der Waals surface area contributed by atoms with E-state index in [9.17, 15) is 5.11 Å². The van der Waals surface area contributed by atoms with Crippen LogP contribution >= 0.6 is 0 Å². The van der Waals surface area contributed by atoms with E-state index >= 15 is 0 Å². The third kappa shape index (κ3) is 3.04. The molecule has 0 saturated carbocycles. The Morgan fingerprint density at radius 3 is 2.50 bits per heavy atom. The zero-order chi connectivity index (χ0) is 13.0. The van der Waals surface area contributed by atoms with Gasteiger partial charge in [0.05, 0.1) is 6.21 Å². The topological polar surface area (TPSA) is 70.4 Å². The molecule has 18 heavy (non-hydrogen) atoms. The largest absolute Gasteiger partial charge is 0.507 e. The molecule has 0 unspecified atom stereocenters. The van der Waals surface area contributed by atoms with Crippen molar-refractivity contribution in [3.05, 3.63) is 47.3 Å². The highest BCUT2D eigenvalue weighted by molar-refractivity contribution is 5.83. The van der Waals surface area contributed by atoms with Crippen molar-refractivity contribution in [2.75, 3.05) is 5.43 Å². The predicted molar refractivity (Wildman–Crippen MR) is 70.8 cm³/mol. The van der Waals surface area contributed by atoms with E-state index in [0.717, 1.165) is 11.4 Å². The number of aromatic nitrogens is 2. The van der Waals surface area contributed by atoms with Crippen molar-refractivity contribution in [2.45, 2.75) is 13.8 Å². The maximum Gasteiger partial charge on any atom is 0.243 e. The monoisotopic (exact) mass is 242 g/mol. The first-order valence-corrected chi connectivity index (χ1v) is 5.54. The second-order valence-corrected chi connectivity index (χ2v) is 3.90. The number of anilines is 1. The highest BCUT2D eigenvalue weighted by Crippen LogP contribution is 2.12. The Labute approximate surface area is 105 Å². The number of nitrogens with one attached hydrogen (secondary N) is 1. The molecule has 0 saturated heterocycles. The molecular weight excluding hydrogens is 228 g/mol. The molecule has 0 aliphatic heterocycles. The number of hydrogen-bond donors (Lipinski definition) is 2. The maximum atomic E-state index is 9.55. The fourth-order valence-corrected chi connectivity index (χ4v) is 1.53. The lowest BCUT2D eigenvalue weighted by Gasteiger charge is -2.01. The van der Waals surface area contributed by atoms with Crippen LogP contribution in [0.3, 0.4) is 0 Å². The summed E-state index contributed by atoms with van der Waals surface area (Å²) in [6.07, 6.45) is 1.52. The van der Waals surface area contributed by atoms with E-state index < -0.39 is 0 Å². The Kier molecular flexibility index (Phi) is 3.52. The van der Waals surface area contributed by atoms with Gasteiger partial charge in [0, 0.05) is 17.0 Å². The molecule has 1 aromatic carbocycles. The zero-order valence-electron chi connectivity index (χ0n) is 10.3. The number of phenolic OH excluding ortho intramolecular Hbond substituents is 1. The number of phenols is 1. The fraction of sp³-hybridized carbons (Fsp3) is 0.154. The van der Waals surface area contributed by atoms with Gasteiger partial charge in [0.2, 0.25) is 5.95 Å². The summed E-state index contributed by atoms with van der Waals surface area (Å²) in [5, 5.41) is 13.5. The summed E-state index contributed by atoms with van der Waals surface area (Å²) in [5.41, 5.74) is 5.13. The number of rotatable bonds is 3. The molecule has 0 aliphatic carbocycles. The first kappa shape index (κ1) is 12.0. The highest BCUT2D eigenvalue weighted by atomic mass is 16.3. The molecule has 5 heteroatoms. The molecule has 1 heterocycles. The van der Waals surface area contributed by atoms with Gasteiger partial charge < -0.3 is 5.11 Å². The first-order valence-electron chi connectivity index (χ1n) is 5.54. The van der Waals surface area contributed by atoms with Crippen LogP contribution in [0.2, 0.25) is 0 Å². The number of para-hydroxylation sites is 1. The van der Waals surface area contributed by atoms with Crippen LogP contribution in [-0.4, -0.2) is 21.3 Å². The van der Waals surface area contributed by atoms with Crippen molar-refractivity contribution in [1.29, 1.82) is 0 Å². The zero-order valence-corrected chi connectivity index (χ0v) is 10.3. The molecule has 2 rings (SSSR count). The summed E-state index contributed by atoms with van der Waals surface area (Å²) in [7, 11) is 0. The van der Waals surface area contributed by atoms with Gasteiger partial charge in [-0.25, -0.2) is 15.4 Å². The van der Waals surface area contributed by atoms with E-state index in [2.05, 4.69) is 20.5 Å². The fourth-order valence-electron chi connectivity index (χ4n) is 1.53. The molecule has 0 amide bonds. The summed E-state index contributed by atoms with van der Waals surface area (Å²) in [6, 6.07) is 8.84. The lowest BCUT2D eigenvalue weighted by molar-refractivity contribution is 0.474. The van der Waals surface area contributed by atoms with Crippen LogP contribution in [0, 0.1) is 13.8 Å². The molecule has 0 bridgehead atoms. The minimum atomic E-state index is 0.185. The Morgan fingerprint density at radius 1 is 1.17 bits per heavy atom. The molecule has 2 aromatic rings. The van der Waals surface area contributed by atoms with E-state index in [1.54, 1.807) is 18.2 Å². The predicted octanol–water partition coefficient (Wildman–Crippen LogP) is 2.25. The van der Waals surface area contributed by atoms with Crippen LogP contribution in [0.5, 0.6) is 5.75 Å². The third-order valence-corrected chi connectivity index (χ3v) is 2.29. The molecule has 1 aromatic heterocycles. The molecule has 0 spiro atoms. The van der Waals surface area contributed by atoms with E-state index in [1.165, 1.54) is 6.21 Å². The molecule has 0 atom stereocenters. The second-order valence-electron chi connectivity index (χ2n) is 3.90. The Balaban J connectivity index is 2.10. The van der Waals surface area contributed by atoms with E-state index in [-0.39, 0.29) is 5.75 Å². The van der Waals surface area contributed by atoms with Gasteiger partial charge in [0.15, 0.2) is 0 Å². The average molecular weight is 242 g/mol. The Morgan fingerprint density at radius 2 is 1.83 bits per heavy atom. The van der Waals surface area contributed by atoms with E-state index in [0.29, 0.717) is 11.5 Å². The first-order chi connectivity index (χ1) is 8.65. The van der Waals surface area contributed by atoms with Gasteiger partial charge in [0.25, 0.3) is 0 Å². The van der Waals surface area contributed by atoms with E-state index in [1.807, 2.05) is 26.0 Å². The number of aryl methyl sites for hydroxylation is 2. The van der Waals surface area contributed by atoms with Crippen molar-refractivity contribution in [2.24, 2.45) is 5.10 Å². The Hall–Kier alpha value is -2.43. The van der Waals surface area contributed by atoms with E-state index in [4.69, 9.17) is 0 Å². The summed E-state index contributed by atoms with van der Waals surface area (Å²) in [4.78, 5) is 8.38. The van der Waals surface area contributed by atoms with Crippen LogP contribution < -0.4 is 5.43 Å². The second kappa shape index (κ2) is 5.27. The van der Waals surface area contributed by atoms with Gasteiger partial charge in [-0.2, -0.15) is 5.10 Å². The van der Waals surface area contributed by atoms with Crippen molar-refractivity contribution in [3.8, 4) is 5.75 Å². The Bertz CT molecular complexity index is 561. The summed E-state index contributed by atoms with van der Waals surface area (Å²) in [6.45, 7) is 3.79. The lowest BCUT2D eigenvalue weighted by Crippen LogP contribution is -1.99. The maximum absolute atomic E-state index is 9.55. The van der Waals surface area contributed by atoms with Crippen LogP contribution in [0.25, 0.3) is 0 Å². The van der Waals surface area contributed by atoms with Crippen molar-refractivity contribution < 1.29 is 5.11 Å². The quantitative estimate of drug-likeness (QED) is 0.639. The highest BCUT2D eigenvalue weighted by Gasteiger charge is 1.98. The van der Waals surface area contributed by atoms with Gasteiger partial charge in [-0.15, -0.1) is 0 Å². The minimum Gasteiger partial charge on any atom is -0.507 e. The average Bonchev–Trinajstić information content (AvgIpc) is 2.30. The molecule has 92 valence electrons. The molecule has 0 aliphatic rings. The van der Waals surface area contributed by atoms with Crippen molar-refractivity contribution in [3.63, 3.8) is 0 Å². The molecule has 0 fully saturated rings. The standard InChI is InChI=1S/C13H14N4O/c1-9-7-10(2)16-13(15-9)17-14-8-11-5-3-4-6-12(11)18/h3-8,18H,1-2H3,(H,15,16,17)/b14-8+. The van der Waals surface area contributed by atoms with Gasteiger partial charge >= 0.3 is 0 Å². The number of aromatic hydroxyl groups is 1. The number of nitrogens with zero attached hydrogens (tertiary/aromatic N) is 3. The summed E-state index contributed by atoms with van der Waals surface area (Å²) >= 11 is 0. The van der Waals surface area contributed by atoms with Gasteiger partial charge in [-0.1, -0.05) is 12.1 Å². The lowest BCUT2D eigenvalue weighted by atomic mass is 10.2. The normalized spacial score (nSPS) is 10.8. The smallest absolute Gasteiger partial charge is 0.243 e. The number of benzene rings is 1. The third-order valence-electron chi connectivity index (χ3n) is 2.29. The van der Waals surface area contributed by atoms with Crippen LogP contribution in [0.1, 0.15) is 17.0 Å². The molecule has 2 N–H and O–H groups in total. The van der Waals surface area contributed by atoms with Gasteiger partial charge in [-0.05, 0) is 32.0 Å². The molecule has 0 radical (unpaired) electrons. The number of hydrazone groups is 1. The summed E-state index contributed by atoms with van der Waals surface area (Å²) < 4.78 is 0. The molecular formula is C13H14N4O. The van der Waals surface area contributed by atoms with Crippen molar-refractivity contribution in [1.82, 2.24) is 9.97 Å². The van der Waals surface area contributed by atoms with Gasteiger partial charge in [-0.3, -0.25) is 0 Å². The minimum absolute atomic E-state index is 0.185. The SMILES string of the molecule is Cc1cc(C)nc(N/N=C/c2ccccc2O)n1. The number of hydrogen-bond acceptors (Lipinski definition) is 5. The van der Waals surface area contributed by atoms with Crippen LogP contribution in [0.15, 0.2) is 35.4 Å². The van der Waals surface area contributed by atoms with Crippen LogP contribution in [-0.2, 0) is 0 Å². The molecule has 5 nitrogen and oxygen atoms in total. The summed E-state index contributed by atoms with van der Waals surface area (Å²) in [5.74, 6) is 0.628. The van der Waals surface area contributed by atoms with Crippen LogP contribution in [0.4, 0.5) is 5.95 Å². The van der Waals surface area contributed by atoms with Crippen molar-refractivity contribution >= 4 is 12.2 Å². The van der Waals surface area contributed by atoms with Gasteiger partial charge in [0.1, 0.15) is 5.75 Å².